The van der Waals surface area contributed by atoms with Gasteiger partial charge in [0.2, 0.25) is 0 Å². The molecule has 0 aromatic heterocycles. The summed E-state index contributed by atoms with van der Waals surface area (Å²) in [6.45, 7) is 2.38. The molecule has 4 saturated carbocycles. The highest BCUT2D eigenvalue weighted by molar-refractivity contribution is 6.12. The van der Waals surface area contributed by atoms with Crippen molar-refractivity contribution in [3.8, 4) is 0 Å². The highest BCUT2D eigenvalue weighted by Gasteiger charge is 2.53. The van der Waals surface area contributed by atoms with E-state index in [1.165, 1.54) is 38.5 Å². The van der Waals surface area contributed by atoms with E-state index in [0.29, 0.717) is 17.0 Å². The number of rotatable bonds is 5. The van der Waals surface area contributed by atoms with Crippen molar-refractivity contribution in [3.05, 3.63) is 72.3 Å². The summed E-state index contributed by atoms with van der Waals surface area (Å²) in [4.78, 5) is 13.1. The third-order valence-electron chi connectivity index (χ3n) is 8.58. The highest BCUT2D eigenvalue weighted by atomic mass is 16.1. The van der Waals surface area contributed by atoms with Crippen molar-refractivity contribution in [2.45, 2.75) is 51.5 Å². The summed E-state index contributed by atoms with van der Waals surface area (Å²) in [6.07, 6.45) is 8.48. The highest BCUT2D eigenvalue weighted by Crippen LogP contribution is 2.61. The summed E-state index contributed by atoms with van der Waals surface area (Å²) in [5, 5.41) is 9.37. The molecular weight excluding hydrogens is 392 g/mol. The molecule has 3 nitrogen and oxygen atoms in total. The molecule has 2 N–H and O–H groups in total. The summed E-state index contributed by atoms with van der Waals surface area (Å²) in [5.41, 5.74) is 3.02. The first kappa shape index (κ1) is 19.8. The van der Waals surface area contributed by atoms with E-state index >= 15 is 0 Å². The Bertz CT molecular complexity index is 1120. The Kier molecular flexibility index (Phi) is 4.74. The van der Waals surface area contributed by atoms with E-state index in [0.717, 1.165) is 39.9 Å². The lowest BCUT2D eigenvalue weighted by atomic mass is 9.48. The minimum atomic E-state index is -0.0625. The van der Waals surface area contributed by atoms with Crippen LogP contribution in [0.3, 0.4) is 0 Å². The Morgan fingerprint density at radius 2 is 1.47 bits per heavy atom. The smallest absolute Gasteiger partial charge is 0.255 e. The van der Waals surface area contributed by atoms with Crippen molar-refractivity contribution in [1.82, 2.24) is 0 Å². The van der Waals surface area contributed by atoms with E-state index in [9.17, 15) is 4.79 Å². The van der Waals surface area contributed by atoms with Gasteiger partial charge in [0.05, 0.1) is 11.4 Å². The van der Waals surface area contributed by atoms with Crippen LogP contribution in [0, 0.1) is 23.2 Å². The molecule has 4 aliphatic rings. The minimum absolute atomic E-state index is 0.0625. The van der Waals surface area contributed by atoms with Gasteiger partial charge in [-0.1, -0.05) is 48.5 Å². The van der Waals surface area contributed by atoms with Gasteiger partial charge >= 0.3 is 0 Å². The maximum atomic E-state index is 13.1. The molecule has 4 aliphatic carbocycles. The van der Waals surface area contributed by atoms with Crippen LogP contribution in [0.1, 0.15) is 55.8 Å². The Morgan fingerprint density at radius 1 is 0.844 bits per heavy atom. The molecule has 0 saturated heterocycles. The molecule has 4 fully saturated rings. The van der Waals surface area contributed by atoms with Crippen molar-refractivity contribution in [1.29, 1.82) is 0 Å². The van der Waals surface area contributed by atoms with Crippen LogP contribution in [0.2, 0.25) is 0 Å². The standard InChI is InChI=1S/C29H32N2O/c1-19(29-16-20-13-21(17-29)15-22(14-20)18-29)30-26-12-11-23-7-5-6-10-25(23)27(26)31-28(32)24-8-3-2-4-9-24/h2-12,19-22,30H,13-18H2,1H3,(H,31,32). The fourth-order valence-electron chi connectivity index (χ4n) is 7.40. The van der Waals surface area contributed by atoms with Crippen molar-refractivity contribution < 1.29 is 4.79 Å². The Hall–Kier alpha value is -2.81. The van der Waals surface area contributed by atoms with Crippen molar-refractivity contribution in [2.24, 2.45) is 23.2 Å². The second-order valence-electron chi connectivity index (χ2n) is 10.7. The van der Waals surface area contributed by atoms with Crippen LogP contribution in [0.25, 0.3) is 10.8 Å². The zero-order valence-corrected chi connectivity index (χ0v) is 18.8. The lowest BCUT2D eigenvalue weighted by molar-refractivity contribution is -0.0602. The van der Waals surface area contributed by atoms with E-state index in [1.54, 1.807) is 0 Å². The number of carbonyl (C=O) groups excluding carboxylic acids is 1. The fraction of sp³-hybridized carbons (Fsp3) is 0.414. The van der Waals surface area contributed by atoms with Crippen LogP contribution in [0.5, 0.6) is 0 Å². The van der Waals surface area contributed by atoms with E-state index in [-0.39, 0.29) is 5.91 Å². The lowest BCUT2D eigenvalue weighted by Crippen LogP contribution is -2.52. The normalized spacial score (nSPS) is 29.1. The first-order valence-corrected chi connectivity index (χ1v) is 12.2. The Labute approximate surface area is 190 Å². The molecule has 0 aliphatic heterocycles. The minimum Gasteiger partial charge on any atom is -0.380 e. The van der Waals surface area contributed by atoms with Crippen molar-refractivity contribution in [3.63, 3.8) is 0 Å². The number of amides is 1. The summed E-state index contributed by atoms with van der Waals surface area (Å²) >= 11 is 0. The van der Waals surface area contributed by atoms with Gasteiger partial charge in [-0.25, -0.2) is 0 Å². The average Bonchev–Trinajstić information content (AvgIpc) is 2.80. The molecule has 0 radical (unpaired) electrons. The molecule has 1 unspecified atom stereocenters. The maximum Gasteiger partial charge on any atom is 0.255 e. The zero-order valence-electron chi connectivity index (χ0n) is 18.8. The van der Waals surface area contributed by atoms with Crippen LogP contribution in [0.4, 0.5) is 11.4 Å². The van der Waals surface area contributed by atoms with Gasteiger partial charge in [-0.3, -0.25) is 4.79 Å². The van der Waals surface area contributed by atoms with Gasteiger partial charge in [-0.05, 0) is 92.2 Å². The van der Waals surface area contributed by atoms with Gasteiger partial charge in [-0.2, -0.15) is 0 Å². The second-order valence-corrected chi connectivity index (χ2v) is 10.7. The van der Waals surface area contributed by atoms with E-state index < -0.39 is 0 Å². The molecule has 1 amide bonds. The van der Waals surface area contributed by atoms with E-state index in [4.69, 9.17) is 0 Å². The number of benzene rings is 3. The molecular formula is C29H32N2O. The predicted octanol–water partition coefficient (Wildman–Crippen LogP) is 7.11. The first-order valence-electron chi connectivity index (χ1n) is 12.2. The van der Waals surface area contributed by atoms with Crippen LogP contribution in [0.15, 0.2) is 66.7 Å². The predicted molar refractivity (Wildman–Crippen MR) is 132 cm³/mol. The molecule has 0 heterocycles. The summed E-state index contributed by atoms with van der Waals surface area (Å²) in [7, 11) is 0. The number of hydrogen-bond donors (Lipinski definition) is 2. The summed E-state index contributed by atoms with van der Waals surface area (Å²) in [6, 6.07) is 22.5. The average molecular weight is 425 g/mol. The molecule has 0 spiro atoms. The van der Waals surface area contributed by atoms with Gasteiger partial charge in [0.25, 0.3) is 5.91 Å². The number of hydrogen-bond acceptors (Lipinski definition) is 2. The van der Waals surface area contributed by atoms with Gasteiger partial charge in [0.15, 0.2) is 0 Å². The second kappa shape index (κ2) is 7.65. The van der Waals surface area contributed by atoms with Crippen LogP contribution in [-0.4, -0.2) is 11.9 Å². The number of carbonyl (C=O) groups is 1. The fourth-order valence-corrected chi connectivity index (χ4v) is 7.40. The summed E-state index contributed by atoms with van der Waals surface area (Å²) in [5.74, 6) is 2.73. The largest absolute Gasteiger partial charge is 0.380 e. The van der Waals surface area contributed by atoms with Gasteiger partial charge in [0, 0.05) is 17.0 Å². The van der Waals surface area contributed by atoms with Gasteiger partial charge in [-0.15, -0.1) is 0 Å². The third-order valence-corrected chi connectivity index (χ3v) is 8.58. The number of nitrogens with one attached hydrogen (secondary N) is 2. The van der Waals surface area contributed by atoms with Crippen molar-refractivity contribution >= 4 is 28.1 Å². The molecule has 164 valence electrons. The first-order chi connectivity index (χ1) is 15.6. The Morgan fingerprint density at radius 3 is 2.16 bits per heavy atom. The molecule has 4 bridgehead atoms. The topological polar surface area (TPSA) is 41.1 Å². The van der Waals surface area contributed by atoms with Crippen molar-refractivity contribution in [2.75, 3.05) is 10.6 Å². The SMILES string of the molecule is CC(Nc1ccc2ccccc2c1NC(=O)c1ccccc1)C12CC3CC(CC(C3)C1)C2. The van der Waals surface area contributed by atoms with Gasteiger partial charge < -0.3 is 10.6 Å². The van der Waals surface area contributed by atoms with E-state index in [1.807, 2.05) is 36.4 Å². The molecule has 1 atom stereocenters. The molecule has 3 aromatic carbocycles. The third kappa shape index (κ3) is 3.39. The number of anilines is 2. The quantitative estimate of drug-likeness (QED) is 0.458. The Balaban J connectivity index is 1.34. The molecule has 7 rings (SSSR count). The zero-order chi connectivity index (χ0) is 21.7. The number of fused-ring (bicyclic) bond motifs is 1. The summed E-state index contributed by atoms with van der Waals surface area (Å²) < 4.78 is 0. The lowest BCUT2D eigenvalue weighted by Gasteiger charge is -2.59. The molecule has 3 heteroatoms. The molecule has 32 heavy (non-hydrogen) atoms. The van der Waals surface area contributed by atoms with E-state index in [2.05, 4.69) is 47.9 Å². The molecule has 3 aromatic rings. The van der Waals surface area contributed by atoms with Crippen LogP contribution >= 0.6 is 0 Å². The van der Waals surface area contributed by atoms with Crippen LogP contribution < -0.4 is 10.6 Å². The monoisotopic (exact) mass is 424 g/mol. The van der Waals surface area contributed by atoms with Crippen LogP contribution in [-0.2, 0) is 0 Å². The maximum absolute atomic E-state index is 13.1. The van der Waals surface area contributed by atoms with Gasteiger partial charge in [0.1, 0.15) is 0 Å².